The Bertz CT molecular complexity index is 1070. The van der Waals surface area contributed by atoms with Gasteiger partial charge < -0.3 is 4.74 Å². The minimum Gasteiger partial charge on any atom is -0.497 e. The van der Waals surface area contributed by atoms with Crippen molar-refractivity contribution in [2.24, 2.45) is 4.99 Å². The third kappa shape index (κ3) is 3.32. The minimum absolute atomic E-state index is 0.682. The van der Waals surface area contributed by atoms with Crippen molar-refractivity contribution >= 4 is 51.4 Å². The molecule has 0 heterocycles. The monoisotopic (exact) mass is 465 g/mol. The lowest BCUT2D eigenvalue weighted by atomic mass is 9.99. The lowest BCUT2D eigenvalue weighted by Gasteiger charge is -2.08. The van der Waals surface area contributed by atoms with Crippen molar-refractivity contribution in [3.63, 3.8) is 0 Å². The number of aliphatic imine (C=N–C) groups is 1. The summed E-state index contributed by atoms with van der Waals surface area (Å²) in [5.74, 6) is 0.785. The van der Waals surface area contributed by atoms with Crippen LogP contribution in [0, 0.1) is 3.57 Å². The van der Waals surface area contributed by atoms with Crippen LogP contribution in [0.1, 0.15) is 16.7 Å². The van der Waals surface area contributed by atoms with Crippen molar-refractivity contribution < 1.29 is 9.53 Å². The average Bonchev–Trinajstić information content (AvgIpc) is 3.01. The number of carbonyl (C=O) groups is 1. The lowest BCUT2D eigenvalue weighted by Crippen LogP contribution is -2.00. The van der Waals surface area contributed by atoms with E-state index in [0.717, 1.165) is 49.3 Å². The maximum atomic E-state index is 12.0. The van der Waals surface area contributed by atoms with Crippen LogP contribution in [-0.2, 0) is 4.79 Å². The SMILES string of the molecule is COc1ccc(N=C2C(c3ccccc3)=C(C=O)c3cc(I)ccc32)cc1. The molecule has 0 unspecified atom stereocenters. The molecular formula is C23H16INO2. The van der Waals surface area contributed by atoms with Crippen molar-refractivity contribution in [2.45, 2.75) is 0 Å². The zero-order chi connectivity index (χ0) is 18.8. The Morgan fingerprint density at radius 1 is 0.926 bits per heavy atom. The highest BCUT2D eigenvalue weighted by Crippen LogP contribution is 2.39. The molecule has 0 N–H and O–H groups in total. The Balaban J connectivity index is 1.95. The maximum Gasteiger partial charge on any atom is 0.151 e. The molecule has 0 radical (unpaired) electrons. The minimum atomic E-state index is 0.682. The number of hydrogen-bond acceptors (Lipinski definition) is 3. The zero-order valence-electron chi connectivity index (χ0n) is 14.6. The predicted molar refractivity (Wildman–Crippen MR) is 118 cm³/mol. The highest BCUT2D eigenvalue weighted by molar-refractivity contribution is 14.1. The van der Waals surface area contributed by atoms with Crippen LogP contribution in [0.4, 0.5) is 5.69 Å². The number of aldehydes is 1. The van der Waals surface area contributed by atoms with Crippen molar-refractivity contribution in [1.82, 2.24) is 0 Å². The number of fused-ring (bicyclic) bond motifs is 1. The van der Waals surface area contributed by atoms with Gasteiger partial charge in [-0.15, -0.1) is 0 Å². The van der Waals surface area contributed by atoms with Gasteiger partial charge in [0.15, 0.2) is 6.29 Å². The molecule has 0 amide bonds. The summed E-state index contributed by atoms with van der Waals surface area (Å²) in [4.78, 5) is 16.9. The van der Waals surface area contributed by atoms with E-state index in [1.807, 2.05) is 72.8 Å². The van der Waals surface area contributed by atoms with E-state index >= 15 is 0 Å². The molecular weight excluding hydrogens is 449 g/mol. The fourth-order valence-corrected chi connectivity index (χ4v) is 3.76. The number of allylic oxidation sites excluding steroid dienone is 2. The van der Waals surface area contributed by atoms with E-state index in [9.17, 15) is 4.79 Å². The van der Waals surface area contributed by atoms with E-state index in [1.165, 1.54) is 0 Å². The topological polar surface area (TPSA) is 38.7 Å². The van der Waals surface area contributed by atoms with Gasteiger partial charge in [-0.1, -0.05) is 36.4 Å². The number of carbonyl (C=O) groups excluding carboxylic acids is 1. The predicted octanol–water partition coefficient (Wildman–Crippen LogP) is 5.54. The van der Waals surface area contributed by atoms with Gasteiger partial charge in [0.05, 0.1) is 18.5 Å². The molecule has 27 heavy (non-hydrogen) atoms. The molecule has 0 atom stereocenters. The Kier molecular flexibility index (Phi) is 4.90. The highest BCUT2D eigenvalue weighted by Gasteiger charge is 2.28. The van der Waals surface area contributed by atoms with Crippen LogP contribution < -0.4 is 4.74 Å². The fourth-order valence-electron chi connectivity index (χ4n) is 3.26. The third-order valence-electron chi connectivity index (χ3n) is 4.53. The summed E-state index contributed by atoms with van der Waals surface area (Å²) in [7, 11) is 1.64. The Hall–Kier alpha value is -2.73. The first-order valence-corrected chi connectivity index (χ1v) is 9.57. The number of hydrogen-bond donors (Lipinski definition) is 0. The molecule has 0 saturated heterocycles. The summed E-state index contributed by atoms with van der Waals surface area (Å²) in [5, 5.41) is 0. The third-order valence-corrected chi connectivity index (χ3v) is 5.20. The van der Waals surface area contributed by atoms with Crippen LogP contribution in [0.2, 0.25) is 0 Å². The van der Waals surface area contributed by atoms with Gasteiger partial charge >= 0.3 is 0 Å². The largest absolute Gasteiger partial charge is 0.497 e. The van der Waals surface area contributed by atoms with E-state index in [1.54, 1.807) is 7.11 Å². The van der Waals surface area contributed by atoms with Crippen LogP contribution in [0.3, 0.4) is 0 Å². The number of benzene rings is 3. The van der Waals surface area contributed by atoms with E-state index in [0.29, 0.717) is 5.57 Å². The van der Waals surface area contributed by atoms with Crippen molar-refractivity contribution in [1.29, 1.82) is 0 Å². The molecule has 0 spiro atoms. The van der Waals surface area contributed by atoms with Gasteiger partial charge in [-0.25, -0.2) is 4.99 Å². The van der Waals surface area contributed by atoms with E-state index in [-0.39, 0.29) is 0 Å². The quantitative estimate of drug-likeness (QED) is 0.375. The molecule has 3 aromatic rings. The summed E-state index contributed by atoms with van der Waals surface area (Å²) in [5.41, 5.74) is 6.09. The number of nitrogens with zero attached hydrogens (tertiary/aromatic N) is 1. The zero-order valence-corrected chi connectivity index (χ0v) is 16.8. The first-order chi connectivity index (χ1) is 13.2. The average molecular weight is 465 g/mol. The second-order valence-electron chi connectivity index (χ2n) is 6.12. The summed E-state index contributed by atoms with van der Waals surface area (Å²) >= 11 is 2.27. The summed E-state index contributed by atoms with van der Waals surface area (Å²) in [6.07, 6.45) is 0.938. The summed E-state index contributed by atoms with van der Waals surface area (Å²) in [6, 6.07) is 23.7. The van der Waals surface area contributed by atoms with Crippen LogP contribution in [0.15, 0.2) is 77.8 Å². The number of halogens is 1. The lowest BCUT2D eigenvalue weighted by molar-refractivity contribution is -0.103. The van der Waals surface area contributed by atoms with Gasteiger partial charge in [0, 0.05) is 20.3 Å². The van der Waals surface area contributed by atoms with Gasteiger partial charge in [0.2, 0.25) is 0 Å². The Morgan fingerprint density at radius 3 is 2.33 bits per heavy atom. The van der Waals surface area contributed by atoms with Crippen molar-refractivity contribution in [3.05, 3.63) is 93.1 Å². The number of rotatable bonds is 4. The van der Waals surface area contributed by atoms with Crippen molar-refractivity contribution in [3.8, 4) is 5.75 Å². The van der Waals surface area contributed by atoms with Gasteiger partial charge in [0.25, 0.3) is 0 Å². The normalized spacial score (nSPS) is 14.4. The van der Waals surface area contributed by atoms with Crippen LogP contribution in [0.25, 0.3) is 11.1 Å². The van der Waals surface area contributed by atoms with E-state index < -0.39 is 0 Å². The molecule has 0 saturated carbocycles. The van der Waals surface area contributed by atoms with Crippen molar-refractivity contribution in [2.75, 3.05) is 7.11 Å². The standard InChI is InChI=1S/C23H16INO2/c1-27-18-10-8-17(9-11-18)25-23-19-12-7-16(24)13-20(19)21(14-26)22(23)15-5-3-2-4-6-15/h2-14H,1H3. The van der Waals surface area contributed by atoms with Crippen LogP contribution in [-0.4, -0.2) is 19.1 Å². The maximum absolute atomic E-state index is 12.0. The van der Waals surface area contributed by atoms with E-state index in [2.05, 4.69) is 22.6 Å². The highest BCUT2D eigenvalue weighted by atomic mass is 127. The molecule has 0 aliphatic heterocycles. The van der Waals surface area contributed by atoms with Gasteiger partial charge in [-0.05, 0) is 70.1 Å². The molecule has 3 aromatic carbocycles. The number of methoxy groups -OCH3 is 1. The number of ether oxygens (including phenoxy) is 1. The van der Waals surface area contributed by atoms with Gasteiger partial charge in [-0.2, -0.15) is 0 Å². The van der Waals surface area contributed by atoms with Crippen LogP contribution >= 0.6 is 22.6 Å². The fraction of sp³-hybridized carbons (Fsp3) is 0.0435. The second-order valence-corrected chi connectivity index (χ2v) is 7.37. The first kappa shape index (κ1) is 17.7. The Labute approximate surface area is 171 Å². The summed E-state index contributed by atoms with van der Waals surface area (Å²) in [6.45, 7) is 0. The molecule has 4 rings (SSSR count). The molecule has 1 aliphatic rings. The Morgan fingerprint density at radius 2 is 1.67 bits per heavy atom. The first-order valence-electron chi connectivity index (χ1n) is 8.49. The molecule has 1 aliphatic carbocycles. The molecule has 0 fully saturated rings. The van der Waals surface area contributed by atoms with E-state index in [4.69, 9.17) is 9.73 Å². The molecule has 4 heteroatoms. The molecule has 3 nitrogen and oxygen atoms in total. The second kappa shape index (κ2) is 7.48. The smallest absolute Gasteiger partial charge is 0.151 e. The molecule has 132 valence electrons. The van der Waals surface area contributed by atoms with Crippen LogP contribution in [0.5, 0.6) is 5.75 Å². The molecule has 0 aromatic heterocycles. The van der Waals surface area contributed by atoms with Gasteiger partial charge in [0.1, 0.15) is 5.75 Å². The summed E-state index contributed by atoms with van der Waals surface area (Å²) < 4.78 is 6.32. The molecule has 0 bridgehead atoms. The van der Waals surface area contributed by atoms with Gasteiger partial charge in [-0.3, -0.25) is 4.79 Å².